The third-order valence-electron chi connectivity index (χ3n) is 5.08. The molecule has 3 aliphatic heterocycles. The number of nitrogens with zero attached hydrogens (tertiary/aromatic N) is 1. The van der Waals surface area contributed by atoms with E-state index in [9.17, 15) is 19.5 Å². The summed E-state index contributed by atoms with van der Waals surface area (Å²) in [5, 5.41) is 9.47. The number of carbonyl (C=O) groups is 3. The Morgan fingerprint density at radius 3 is 2.72 bits per heavy atom. The second kappa shape index (κ2) is 5.42. The van der Waals surface area contributed by atoms with Crippen LogP contribution in [-0.2, 0) is 19.1 Å². The van der Waals surface area contributed by atoms with Crippen LogP contribution in [0.15, 0.2) is 36.4 Å². The van der Waals surface area contributed by atoms with E-state index >= 15 is 0 Å². The topological polar surface area (TPSA) is 93.1 Å². The maximum Gasteiger partial charge on any atom is 0.338 e. The zero-order chi connectivity index (χ0) is 17.8. The number of rotatable bonds is 4. The van der Waals surface area contributed by atoms with Gasteiger partial charge in [0.05, 0.1) is 30.7 Å². The Labute approximate surface area is 143 Å². The summed E-state index contributed by atoms with van der Waals surface area (Å²) in [5.41, 5.74) is 0.132. The highest BCUT2D eigenvalue weighted by Crippen LogP contribution is 2.52. The number of hydrogen-bond acceptors (Lipinski definition) is 5. The third-order valence-corrected chi connectivity index (χ3v) is 5.08. The highest BCUT2D eigenvalue weighted by Gasteiger charge is 2.67. The number of ether oxygens (including phenoxy) is 2. The lowest BCUT2D eigenvalue weighted by molar-refractivity contribution is -0.146. The summed E-state index contributed by atoms with van der Waals surface area (Å²) in [6, 6.07) is 6.51. The van der Waals surface area contributed by atoms with Crippen LogP contribution in [0.25, 0.3) is 0 Å². The van der Waals surface area contributed by atoms with Crippen LogP contribution in [0, 0.1) is 11.8 Å². The summed E-state index contributed by atoms with van der Waals surface area (Å²) in [7, 11) is 0. The molecule has 2 fully saturated rings. The molecule has 0 radical (unpaired) electrons. The minimum Gasteiger partial charge on any atom is -0.481 e. The van der Waals surface area contributed by atoms with Gasteiger partial charge in [-0.1, -0.05) is 12.2 Å². The van der Waals surface area contributed by atoms with E-state index in [0.717, 1.165) is 0 Å². The Morgan fingerprint density at radius 2 is 2.08 bits per heavy atom. The molecule has 3 heterocycles. The summed E-state index contributed by atoms with van der Waals surface area (Å²) in [4.78, 5) is 37.7. The van der Waals surface area contributed by atoms with Crippen molar-refractivity contribution in [3.63, 3.8) is 0 Å². The van der Waals surface area contributed by atoms with Gasteiger partial charge in [0.1, 0.15) is 11.5 Å². The van der Waals surface area contributed by atoms with Crippen molar-refractivity contribution in [2.75, 3.05) is 18.1 Å². The van der Waals surface area contributed by atoms with Gasteiger partial charge in [-0.15, -0.1) is 0 Å². The molecule has 0 saturated carbocycles. The second-order valence-electron chi connectivity index (χ2n) is 6.43. The van der Waals surface area contributed by atoms with Crippen molar-refractivity contribution < 1.29 is 29.0 Å². The number of carboxylic acid groups (broad SMARTS) is 1. The Hall–Kier alpha value is -2.67. The summed E-state index contributed by atoms with van der Waals surface area (Å²) < 4.78 is 10.8. The minimum atomic E-state index is -1.02. The Morgan fingerprint density at radius 1 is 1.36 bits per heavy atom. The number of fused-ring (bicyclic) bond motifs is 1. The molecule has 0 aromatic heterocycles. The van der Waals surface area contributed by atoms with Crippen molar-refractivity contribution in [3.8, 4) is 0 Å². The van der Waals surface area contributed by atoms with E-state index in [4.69, 9.17) is 9.47 Å². The average Bonchev–Trinajstić information content (AvgIpc) is 3.23. The molecule has 1 amide bonds. The number of amides is 1. The first-order valence-electron chi connectivity index (χ1n) is 8.15. The van der Waals surface area contributed by atoms with Gasteiger partial charge < -0.3 is 19.5 Å². The summed E-state index contributed by atoms with van der Waals surface area (Å²) in [6.45, 7) is 2.29. The lowest BCUT2D eigenvalue weighted by atomic mass is 9.77. The van der Waals surface area contributed by atoms with Crippen LogP contribution < -0.4 is 4.90 Å². The highest BCUT2D eigenvalue weighted by molar-refractivity contribution is 6.02. The van der Waals surface area contributed by atoms with Crippen molar-refractivity contribution >= 4 is 23.5 Å². The van der Waals surface area contributed by atoms with Crippen LogP contribution in [0.2, 0.25) is 0 Å². The van der Waals surface area contributed by atoms with Crippen LogP contribution in [0.4, 0.5) is 5.69 Å². The van der Waals surface area contributed by atoms with Crippen molar-refractivity contribution in [1.82, 2.24) is 0 Å². The van der Waals surface area contributed by atoms with Gasteiger partial charge in [-0.05, 0) is 31.2 Å². The van der Waals surface area contributed by atoms with Crippen LogP contribution >= 0.6 is 0 Å². The van der Waals surface area contributed by atoms with Crippen molar-refractivity contribution in [1.29, 1.82) is 0 Å². The first-order valence-corrected chi connectivity index (χ1v) is 8.15. The molecule has 1 spiro atoms. The van der Waals surface area contributed by atoms with Gasteiger partial charge >= 0.3 is 11.9 Å². The molecular weight excluding hydrogens is 326 g/mol. The van der Waals surface area contributed by atoms with E-state index in [1.165, 1.54) is 4.90 Å². The standard InChI is InChI=1S/C18H17NO6/c1-2-24-17(23)10-3-5-11(6-4-10)19-9-18-8-7-12(25-18)13(16(21)22)14(18)15(19)20/h3-8,12-14H,2,9H2,1H3,(H,21,22)/t12-,13+,14+,18-/m1/s1. The van der Waals surface area contributed by atoms with E-state index in [1.54, 1.807) is 37.3 Å². The summed E-state index contributed by atoms with van der Waals surface area (Å²) in [5.74, 6) is -3.28. The van der Waals surface area contributed by atoms with Gasteiger partial charge in [-0.25, -0.2) is 4.79 Å². The monoisotopic (exact) mass is 343 g/mol. The van der Waals surface area contributed by atoms with E-state index < -0.39 is 35.5 Å². The van der Waals surface area contributed by atoms with Crippen LogP contribution in [0.1, 0.15) is 17.3 Å². The molecule has 3 aliphatic rings. The molecule has 0 aliphatic carbocycles. The van der Waals surface area contributed by atoms with E-state index in [0.29, 0.717) is 11.3 Å². The minimum absolute atomic E-state index is 0.261. The molecule has 25 heavy (non-hydrogen) atoms. The molecule has 2 bridgehead atoms. The first-order chi connectivity index (χ1) is 12.0. The van der Waals surface area contributed by atoms with Gasteiger partial charge in [0.25, 0.3) is 0 Å². The van der Waals surface area contributed by atoms with E-state index in [1.807, 2.05) is 6.08 Å². The van der Waals surface area contributed by atoms with Gasteiger partial charge in [-0.2, -0.15) is 0 Å². The fourth-order valence-electron chi connectivity index (χ4n) is 3.99. The molecule has 7 heteroatoms. The normalized spacial score (nSPS) is 32.1. The zero-order valence-electron chi connectivity index (χ0n) is 13.5. The number of carbonyl (C=O) groups excluding carboxylic acids is 2. The predicted octanol–water partition coefficient (Wildman–Crippen LogP) is 1.23. The van der Waals surface area contributed by atoms with Gasteiger partial charge in [-0.3, -0.25) is 9.59 Å². The Balaban J connectivity index is 1.61. The average molecular weight is 343 g/mol. The lowest BCUT2D eigenvalue weighted by Gasteiger charge is -2.21. The van der Waals surface area contributed by atoms with Crippen molar-refractivity contribution in [2.45, 2.75) is 18.6 Å². The molecule has 130 valence electrons. The maximum atomic E-state index is 12.9. The molecule has 1 aromatic rings. The van der Waals surface area contributed by atoms with Gasteiger partial charge in [0, 0.05) is 5.69 Å². The number of carboxylic acids is 1. The quantitative estimate of drug-likeness (QED) is 0.653. The smallest absolute Gasteiger partial charge is 0.338 e. The van der Waals surface area contributed by atoms with Crippen LogP contribution in [0.5, 0.6) is 0 Å². The molecule has 0 unspecified atom stereocenters. The van der Waals surface area contributed by atoms with Gasteiger partial charge in [0.15, 0.2) is 0 Å². The van der Waals surface area contributed by atoms with Crippen LogP contribution in [-0.4, -0.2) is 47.8 Å². The summed E-state index contributed by atoms with van der Waals surface area (Å²) >= 11 is 0. The first kappa shape index (κ1) is 15.8. The number of anilines is 1. The number of esters is 1. The van der Waals surface area contributed by atoms with Crippen molar-refractivity contribution in [2.24, 2.45) is 11.8 Å². The Bertz CT molecular complexity index is 785. The Kier molecular flexibility index (Phi) is 3.43. The van der Waals surface area contributed by atoms with Gasteiger partial charge in [0.2, 0.25) is 5.91 Å². The molecule has 4 rings (SSSR count). The molecular formula is C18H17NO6. The lowest BCUT2D eigenvalue weighted by Crippen LogP contribution is -2.39. The second-order valence-corrected chi connectivity index (χ2v) is 6.43. The fourth-order valence-corrected chi connectivity index (χ4v) is 3.99. The summed E-state index contributed by atoms with van der Waals surface area (Å²) in [6.07, 6.45) is 3.00. The number of aliphatic carboxylic acids is 1. The maximum absolute atomic E-state index is 12.9. The predicted molar refractivity (Wildman–Crippen MR) is 86.1 cm³/mol. The third kappa shape index (κ3) is 2.19. The molecule has 7 nitrogen and oxygen atoms in total. The molecule has 1 aromatic carbocycles. The molecule has 2 saturated heterocycles. The zero-order valence-corrected chi connectivity index (χ0v) is 13.5. The van der Waals surface area contributed by atoms with Crippen LogP contribution in [0.3, 0.4) is 0 Å². The number of benzene rings is 1. The molecule has 4 atom stereocenters. The molecule has 1 N–H and O–H groups in total. The highest BCUT2D eigenvalue weighted by atomic mass is 16.5. The largest absolute Gasteiger partial charge is 0.481 e. The SMILES string of the molecule is CCOC(=O)c1ccc(N2C[C@@]34C=C[C@@H](O3)[C@H](C(=O)O)[C@H]4C2=O)cc1. The van der Waals surface area contributed by atoms with Crippen molar-refractivity contribution in [3.05, 3.63) is 42.0 Å². The number of hydrogen-bond donors (Lipinski definition) is 1. The van der Waals surface area contributed by atoms with E-state index in [2.05, 4.69) is 0 Å². The van der Waals surface area contributed by atoms with E-state index in [-0.39, 0.29) is 19.1 Å². The fraction of sp³-hybridized carbons (Fsp3) is 0.389.